The number of nitrogens with one attached hydrogen (secondary N) is 2. The number of rotatable bonds is 5. The quantitative estimate of drug-likeness (QED) is 0.754. The largest absolute Gasteiger partial charge is 0.468 e. The lowest BCUT2D eigenvalue weighted by molar-refractivity contribution is -0.154. The van der Waals surface area contributed by atoms with E-state index in [1.54, 1.807) is 6.07 Å². The third-order valence-corrected chi connectivity index (χ3v) is 6.40. The lowest BCUT2D eigenvalue weighted by atomic mass is 9.58. The molecule has 7 heteroatoms. The first-order chi connectivity index (χ1) is 13.5. The van der Waals surface area contributed by atoms with Crippen LogP contribution in [-0.2, 0) is 19.7 Å². The Hall–Kier alpha value is -2.15. The Morgan fingerprint density at radius 3 is 2.54 bits per heavy atom. The summed E-state index contributed by atoms with van der Waals surface area (Å²) < 4.78 is 24.4. The fourth-order valence-corrected chi connectivity index (χ4v) is 5.27. The summed E-state index contributed by atoms with van der Waals surface area (Å²) in [7, 11) is 2.71. The van der Waals surface area contributed by atoms with Crippen LogP contribution in [0, 0.1) is 17.7 Å². The molecule has 0 bridgehead atoms. The first-order valence-corrected chi connectivity index (χ1v) is 9.93. The monoisotopic (exact) mass is 392 g/mol. The smallest absolute Gasteiger partial charge is 0.407 e. The van der Waals surface area contributed by atoms with Crippen LogP contribution in [0.3, 0.4) is 0 Å². The molecule has 28 heavy (non-hydrogen) atoms. The van der Waals surface area contributed by atoms with Crippen molar-refractivity contribution in [3.63, 3.8) is 0 Å². The summed E-state index contributed by atoms with van der Waals surface area (Å²) in [6.07, 6.45) is 3.43. The fraction of sp³-hybridized carbons (Fsp3) is 0.619. The molecule has 1 aliphatic carbocycles. The zero-order chi connectivity index (χ0) is 20.1. The number of amides is 1. The predicted octanol–water partition coefficient (Wildman–Crippen LogP) is 2.76. The van der Waals surface area contributed by atoms with Crippen molar-refractivity contribution in [3.05, 3.63) is 35.6 Å². The predicted molar refractivity (Wildman–Crippen MR) is 102 cm³/mol. The van der Waals surface area contributed by atoms with E-state index in [0.717, 1.165) is 45.2 Å². The van der Waals surface area contributed by atoms with Gasteiger partial charge >= 0.3 is 12.1 Å². The normalized spacial score (nSPS) is 25.0. The Bertz CT molecular complexity index is 707. The molecule has 1 aromatic rings. The first kappa shape index (κ1) is 20.6. The maximum Gasteiger partial charge on any atom is 0.407 e. The van der Waals surface area contributed by atoms with Crippen molar-refractivity contribution in [2.24, 2.45) is 11.8 Å². The number of esters is 1. The van der Waals surface area contributed by atoms with E-state index in [2.05, 4.69) is 10.6 Å². The van der Waals surface area contributed by atoms with Crippen molar-refractivity contribution in [3.8, 4) is 0 Å². The highest BCUT2D eigenvalue weighted by Gasteiger charge is 2.57. The van der Waals surface area contributed by atoms with Gasteiger partial charge in [-0.15, -0.1) is 0 Å². The number of methoxy groups -OCH3 is 2. The van der Waals surface area contributed by atoms with Crippen LogP contribution in [0.2, 0.25) is 0 Å². The molecule has 2 fully saturated rings. The molecule has 1 saturated carbocycles. The lowest BCUT2D eigenvalue weighted by Crippen LogP contribution is -2.57. The summed E-state index contributed by atoms with van der Waals surface area (Å²) in [6, 6.07) is 6.06. The molecule has 1 amide bonds. The molecular weight excluding hydrogens is 363 g/mol. The third-order valence-electron chi connectivity index (χ3n) is 6.40. The number of ether oxygens (including phenoxy) is 2. The van der Waals surface area contributed by atoms with E-state index in [9.17, 15) is 14.0 Å². The summed E-state index contributed by atoms with van der Waals surface area (Å²) in [6.45, 7) is 1.58. The average Bonchev–Trinajstić information content (AvgIpc) is 3.17. The minimum absolute atomic E-state index is 0.00644. The van der Waals surface area contributed by atoms with E-state index in [-0.39, 0.29) is 29.7 Å². The summed E-state index contributed by atoms with van der Waals surface area (Å²) in [5.41, 5.74) is -0.379. The minimum Gasteiger partial charge on any atom is -0.468 e. The van der Waals surface area contributed by atoms with Gasteiger partial charge in [0.25, 0.3) is 0 Å². The SMILES string of the molecule is COC(=O)N[C@H]1CCC[C@@H]1[C@](C(=O)OC)(c1cccc(F)c1)C1CCNCC1. The van der Waals surface area contributed by atoms with Gasteiger partial charge in [-0.3, -0.25) is 4.79 Å². The maximum atomic E-state index is 14.2. The van der Waals surface area contributed by atoms with E-state index in [4.69, 9.17) is 9.47 Å². The third kappa shape index (κ3) is 3.72. The van der Waals surface area contributed by atoms with Crippen LogP contribution in [0.5, 0.6) is 0 Å². The Labute approximate surface area is 165 Å². The standard InChI is InChI=1S/C21H29FN2O4/c1-27-19(25)21(14-9-11-23-12-10-14,15-5-3-6-16(22)13-15)17-7-4-8-18(17)24-20(26)28-2/h3,5-6,13-14,17-18,23H,4,7-12H2,1-2H3,(H,24,26)/t17-,18-,21+/m0/s1. The van der Waals surface area contributed by atoms with Gasteiger partial charge in [0.1, 0.15) is 11.2 Å². The molecule has 3 rings (SSSR count). The molecule has 0 spiro atoms. The number of halogens is 1. The van der Waals surface area contributed by atoms with Crippen molar-refractivity contribution in [2.45, 2.75) is 43.6 Å². The van der Waals surface area contributed by atoms with Crippen LogP contribution < -0.4 is 10.6 Å². The molecule has 2 aliphatic rings. The van der Waals surface area contributed by atoms with Gasteiger partial charge in [-0.2, -0.15) is 0 Å². The van der Waals surface area contributed by atoms with Gasteiger partial charge in [-0.25, -0.2) is 9.18 Å². The van der Waals surface area contributed by atoms with Gasteiger partial charge in [0.15, 0.2) is 0 Å². The van der Waals surface area contributed by atoms with Crippen molar-refractivity contribution in [1.29, 1.82) is 0 Å². The van der Waals surface area contributed by atoms with Crippen molar-refractivity contribution >= 4 is 12.1 Å². The van der Waals surface area contributed by atoms with E-state index < -0.39 is 11.5 Å². The number of hydrogen-bond donors (Lipinski definition) is 2. The van der Waals surface area contributed by atoms with Crippen LogP contribution in [0.15, 0.2) is 24.3 Å². The van der Waals surface area contributed by atoms with Gasteiger partial charge in [0, 0.05) is 6.04 Å². The van der Waals surface area contributed by atoms with Crippen molar-refractivity contribution in [1.82, 2.24) is 10.6 Å². The Kier molecular flexibility index (Phi) is 6.54. The molecule has 0 unspecified atom stereocenters. The number of benzene rings is 1. The second-order valence-corrected chi connectivity index (χ2v) is 7.68. The van der Waals surface area contributed by atoms with Gasteiger partial charge < -0.3 is 20.1 Å². The molecule has 6 nitrogen and oxygen atoms in total. The van der Waals surface area contributed by atoms with Crippen LogP contribution in [0.25, 0.3) is 0 Å². The molecular formula is C21H29FN2O4. The molecule has 0 aromatic heterocycles. The molecule has 1 saturated heterocycles. The number of carbonyl (C=O) groups excluding carboxylic acids is 2. The Morgan fingerprint density at radius 1 is 1.14 bits per heavy atom. The highest BCUT2D eigenvalue weighted by atomic mass is 19.1. The van der Waals surface area contributed by atoms with Gasteiger partial charge in [0.2, 0.25) is 0 Å². The summed E-state index contributed by atoms with van der Waals surface area (Å²) >= 11 is 0. The summed E-state index contributed by atoms with van der Waals surface area (Å²) in [4.78, 5) is 25.4. The molecule has 1 aliphatic heterocycles. The first-order valence-electron chi connectivity index (χ1n) is 9.93. The van der Waals surface area contributed by atoms with Gasteiger partial charge in [0.05, 0.1) is 14.2 Å². The van der Waals surface area contributed by atoms with E-state index >= 15 is 0 Å². The summed E-state index contributed by atoms with van der Waals surface area (Å²) in [5, 5.41) is 6.24. The average molecular weight is 392 g/mol. The topological polar surface area (TPSA) is 76.7 Å². The number of hydrogen-bond acceptors (Lipinski definition) is 5. The molecule has 1 heterocycles. The second-order valence-electron chi connectivity index (χ2n) is 7.68. The molecule has 154 valence electrons. The maximum absolute atomic E-state index is 14.2. The zero-order valence-corrected chi connectivity index (χ0v) is 16.5. The highest BCUT2D eigenvalue weighted by Crippen LogP contribution is 2.50. The highest BCUT2D eigenvalue weighted by molar-refractivity contribution is 5.84. The number of alkyl carbamates (subject to hydrolysis) is 1. The fourth-order valence-electron chi connectivity index (χ4n) is 5.27. The Balaban J connectivity index is 2.13. The van der Waals surface area contributed by atoms with E-state index in [0.29, 0.717) is 5.56 Å². The van der Waals surface area contributed by atoms with Crippen LogP contribution >= 0.6 is 0 Å². The second kappa shape index (κ2) is 8.90. The number of carbonyl (C=O) groups is 2. The number of piperidine rings is 1. The zero-order valence-electron chi connectivity index (χ0n) is 16.5. The molecule has 0 radical (unpaired) electrons. The summed E-state index contributed by atoms with van der Waals surface area (Å²) in [5.74, 6) is -0.930. The Morgan fingerprint density at radius 2 is 1.89 bits per heavy atom. The van der Waals surface area contributed by atoms with Crippen molar-refractivity contribution < 1.29 is 23.5 Å². The lowest BCUT2D eigenvalue weighted by Gasteiger charge is -2.46. The van der Waals surface area contributed by atoms with Crippen LogP contribution in [0.4, 0.5) is 9.18 Å². The molecule has 3 atom stereocenters. The van der Waals surface area contributed by atoms with Crippen LogP contribution in [-0.4, -0.2) is 45.4 Å². The minimum atomic E-state index is -1.01. The van der Waals surface area contributed by atoms with Gasteiger partial charge in [-0.1, -0.05) is 18.6 Å². The van der Waals surface area contributed by atoms with E-state index in [1.807, 2.05) is 6.07 Å². The molecule has 2 N–H and O–H groups in total. The van der Waals surface area contributed by atoms with Crippen LogP contribution in [0.1, 0.15) is 37.7 Å². The van der Waals surface area contributed by atoms with Crippen molar-refractivity contribution in [2.75, 3.05) is 27.3 Å². The van der Waals surface area contributed by atoms with Gasteiger partial charge in [-0.05, 0) is 68.3 Å². The van der Waals surface area contributed by atoms with E-state index in [1.165, 1.54) is 26.4 Å². The molecule has 1 aromatic carbocycles.